The van der Waals surface area contributed by atoms with Gasteiger partial charge in [0.1, 0.15) is 5.75 Å². The summed E-state index contributed by atoms with van der Waals surface area (Å²) in [5.74, 6) is 1.08. The van der Waals surface area contributed by atoms with E-state index in [1.165, 1.54) is 0 Å². The Labute approximate surface area is 100.0 Å². The fourth-order valence-corrected chi connectivity index (χ4v) is 2.03. The van der Waals surface area contributed by atoms with Crippen LogP contribution >= 0.6 is 11.6 Å². The highest BCUT2D eigenvalue weighted by Gasteiger charge is 2.30. The molecule has 0 saturated carbocycles. The number of hydrogen-bond donors (Lipinski definition) is 0. The van der Waals surface area contributed by atoms with Gasteiger partial charge in [-0.1, -0.05) is 6.07 Å². The second-order valence-electron chi connectivity index (χ2n) is 3.90. The number of amides is 1. The maximum absolute atomic E-state index is 12.1. The maximum Gasteiger partial charge on any atom is 0.260 e. The molecule has 1 aromatic rings. The van der Waals surface area contributed by atoms with Crippen LogP contribution in [-0.4, -0.2) is 29.5 Å². The highest BCUT2D eigenvalue weighted by molar-refractivity contribution is 6.18. The summed E-state index contributed by atoms with van der Waals surface area (Å²) in [4.78, 5) is 13.8. The lowest BCUT2D eigenvalue weighted by molar-refractivity contribution is 0.0209. The minimum absolute atomic E-state index is 0.00519. The number of ether oxygens (including phenoxy) is 1. The van der Waals surface area contributed by atoms with Crippen LogP contribution in [0.15, 0.2) is 18.2 Å². The van der Waals surface area contributed by atoms with Gasteiger partial charge in [-0.3, -0.25) is 4.79 Å². The van der Waals surface area contributed by atoms with Crippen molar-refractivity contribution in [3.05, 3.63) is 29.3 Å². The number of carbonyl (C=O) groups is 1. The first-order valence-electron chi connectivity index (χ1n) is 5.27. The number of benzene rings is 1. The summed E-state index contributed by atoms with van der Waals surface area (Å²) in [5, 5.41) is 0. The van der Waals surface area contributed by atoms with Gasteiger partial charge in [-0.15, -0.1) is 11.6 Å². The van der Waals surface area contributed by atoms with Gasteiger partial charge in [-0.2, -0.15) is 0 Å². The van der Waals surface area contributed by atoms with Crippen molar-refractivity contribution in [2.75, 3.05) is 12.4 Å². The molecule has 86 valence electrons. The van der Waals surface area contributed by atoms with Gasteiger partial charge >= 0.3 is 0 Å². The summed E-state index contributed by atoms with van der Waals surface area (Å²) in [6.07, 6.45) is -0.249. The second kappa shape index (κ2) is 4.34. The minimum atomic E-state index is -0.249. The highest BCUT2D eigenvalue weighted by atomic mass is 35.5. The van der Waals surface area contributed by atoms with Crippen molar-refractivity contribution >= 4 is 17.5 Å². The van der Waals surface area contributed by atoms with Crippen molar-refractivity contribution in [2.24, 2.45) is 0 Å². The lowest BCUT2D eigenvalue weighted by Crippen LogP contribution is -2.46. The van der Waals surface area contributed by atoms with Gasteiger partial charge in [0.2, 0.25) is 0 Å². The third-order valence-electron chi connectivity index (χ3n) is 2.69. The Hall–Kier alpha value is -1.22. The maximum atomic E-state index is 12.1. The van der Waals surface area contributed by atoms with Crippen molar-refractivity contribution in [3.63, 3.8) is 0 Å². The van der Waals surface area contributed by atoms with Crippen LogP contribution in [0.2, 0.25) is 0 Å². The summed E-state index contributed by atoms with van der Waals surface area (Å²) in [6, 6.07) is 5.61. The van der Waals surface area contributed by atoms with E-state index in [0.29, 0.717) is 23.7 Å². The fraction of sp³-hybridized carbons (Fsp3) is 0.417. The Morgan fingerprint density at radius 2 is 2.25 bits per heavy atom. The topological polar surface area (TPSA) is 29.5 Å². The van der Waals surface area contributed by atoms with E-state index < -0.39 is 0 Å². The summed E-state index contributed by atoms with van der Waals surface area (Å²) in [5.41, 5.74) is 1.71. The number of carbonyl (C=O) groups excluding carboxylic acids is 1. The molecule has 0 aliphatic carbocycles. The van der Waals surface area contributed by atoms with E-state index in [1.54, 1.807) is 11.0 Å². The Bertz CT molecular complexity index is 419. The Balaban J connectivity index is 2.37. The van der Waals surface area contributed by atoms with Crippen molar-refractivity contribution in [2.45, 2.75) is 20.1 Å². The molecule has 1 unspecified atom stereocenters. The van der Waals surface area contributed by atoms with Crippen LogP contribution in [0.3, 0.4) is 0 Å². The van der Waals surface area contributed by atoms with Gasteiger partial charge in [0.25, 0.3) is 5.91 Å². The van der Waals surface area contributed by atoms with Gasteiger partial charge < -0.3 is 9.64 Å². The summed E-state index contributed by atoms with van der Waals surface area (Å²) in [6.45, 7) is 4.34. The van der Waals surface area contributed by atoms with E-state index in [-0.39, 0.29) is 12.1 Å². The van der Waals surface area contributed by atoms with Crippen LogP contribution in [0.4, 0.5) is 0 Å². The van der Waals surface area contributed by atoms with Gasteiger partial charge in [-0.25, -0.2) is 0 Å². The SMILES string of the molecule is Cc1ccc2c(c1)OC(C)N(CCCl)C2=O. The smallest absolute Gasteiger partial charge is 0.260 e. The Morgan fingerprint density at radius 3 is 2.94 bits per heavy atom. The van der Waals surface area contributed by atoms with E-state index in [1.807, 2.05) is 26.0 Å². The number of halogens is 1. The van der Waals surface area contributed by atoms with Gasteiger partial charge in [0, 0.05) is 12.4 Å². The number of nitrogens with zero attached hydrogens (tertiary/aromatic N) is 1. The average Bonchev–Trinajstić information content (AvgIpc) is 2.23. The zero-order valence-electron chi connectivity index (χ0n) is 9.37. The van der Waals surface area contributed by atoms with Crippen LogP contribution < -0.4 is 4.74 Å². The molecule has 0 aromatic heterocycles. The monoisotopic (exact) mass is 239 g/mol. The minimum Gasteiger partial charge on any atom is -0.470 e. The Morgan fingerprint density at radius 1 is 1.50 bits per heavy atom. The molecule has 3 nitrogen and oxygen atoms in total. The Kier molecular flexibility index (Phi) is 3.06. The third kappa shape index (κ3) is 1.87. The molecule has 1 aliphatic rings. The van der Waals surface area contributed by atoms with Gasteiger partial charge in [0.05, 0.1) is 5.56 Å². The van der Waals surface area contributed by atoms with Crippen LogP contribution in [0.5, 0.6) is 5.75 Å². The first-order chi connectivity index (χ1) is 7.63. The summed E-state index contributed by atoms with van der Waals surface area (Å²) in [7, 11) is 0. The predicted molar refractivity (Wildman–Crippen MR) is 63.0 cm³/mol. The lowest BCUT2D eigenvalue weighted by atomic mass is 10.1. The molecule has 16 heavy (non-hydrogen) atoms. The molecule has 1 aromatic carbocycles. The number of hydrogen-bond acceptors (Lipinski definition) is 2. The number of fused-ring (bicyclic) bond motifs is 1. The molecule has 4 heteroatoms. The van der Waals surface area contributed by atoms with E-state index in [0.717, 1.165) is 5.56 Å². The van der Waals surface area contributed by atoms with Crippen molar-refractivity contribution in [3.8, 4) is 5.75 Å². The standard InChI is InChI=1S/C12H14ClNO2/c1-8-3-4-10-11(7-8)16-9(2)14(6-5-13)12(10)15/h3-4,7,9H,5-6H2,1-2H3. The summed E-state index contributed by atoms with van der Waals surface area (Å²) >= 11 is 5.67. The molecule has 0 saturated heterocycles. The third-order valence-corrected chi connectivity index (χ3v) is 2.86. The zero-order valence-corrected chi connectivity index (χ0v) is 10.1. The number of rotatable bonds is 2. The summed E-state index contributed by atoms with van der Waals surface area (Å²) < 4.78 is 5.69. The molecular formula is C12H14ClNO2. The molecule has 0 N–H and O–H groups in total. The predicted octanol–water partition coefficient (Wildman–Crippen LogP) is 2.41. The van der Waals surface area contributed by atoms with E-state index in [4.69, 9.17) is 16.3 Å². The van der Waals surface area contributed by atoms with E-state index in [9.17, 15) is 4.79 Å². The molecule has 0 radical (unpaired) electrons. The second-order valence-corrected chi connectivity index (χ2v) is 4.28. The molecule has 0 fully saturated rings. The molecule has 1 amide bonds. The average molecular weight is 240 g/mol. The largest absolute Gasteiger partial charge is 0.470 e. The molecule has 2 rings (SSSR count). The molecular weight excluding hydrogens is 226 g/mol. The quantitative estimate of drug-likeness (QED) is 0.742. The van der Waals surface area contributed by atoms with Gasteiger partial charge in [0.15, 0.2) is 6.23 Å². The van der Waals surface area contributed by atoms with Crippen molar-refractivity contribution < 1.29 is 9.53 Å². The zero-order chi connectivity index (χ0) is 11.7. The van der Waals surface area contributed by atoms with E-state index in [2.05, 4.69) is 0 Å². The van der Waals surface area contributed by atoms with Crippen molar-refractivity contribution in [1.29, 1.82) is 0 Å². The number of aryl methyl sites for hydroxylation is 1. The highest BCUT2D eigenvalue weighted by Crippen LogP contribution is 2.28. The number of alkyl halides is 1. The van der Waals surface area contributed by atoms with Crippen LogP contribution in [-0.2, 0) is 0 Å². The lowest BCUT2D eigenvalue weighted by Gasteiger charge is -2.34. The van der Waals surface area contributed by atoms with Gasteiger partial charge in [-0.05, 0) is 31.5 Å². The molecule has 1 heterocycles. The van der Waals surface area contributed by atoms with E-state index >= 15 is 0 Å². The molecule has 0 spiro atoms. The van der Waals surface area contributed by atoms with Crippen LogP contribution in [0.1, 0.15) is 22.8 Å². The van der Waals surface area contributed by atoms with Crippen LogP contribution in [0, 0.1) is 6.92 Å². The first kappa shape index (κ1) is 11.3. The van der Waals surface area contributed by atoms with Crippen molar-refractivity contribution in [1.82, 2.24) is 4.90 Å². The van der Waals surface area contributed by atoms with Crippen LogP contribution in [0.25, 0.3) is 0 Å². The fourth-order valence-electron chi connectivity index (χ4n) is 1.85. The molecule has 0 bridgehead atoms. The molecule has 1 aliphatic heterocycles. The normalized spacial score (nSPS) is 19.3. The molecule has 1 atom stereocenters. The first-order valence-corrected chi connectivity index (χ1v) is 5.81.